The molecule has 0 aliphatic rings. The molecule has 0 saturated heterocycles. The lowest BCUT2D eigenvalue weighted by Gasteiger charge is -2.17. The van der Waals surface area contributed by atoms with Gasteiger partial charge in [0.1, 0.15) is 6.04 Å². The van der Waals surface area contributed by atoms with Gasteiger partial charge in [-0.1, -0.05) is 6.92 Å². The molecule has 0 bridgehead atoms. The molecule has 100 valence electrons. The molecule has 0 radical (unpaired) electrons. The summed E-state index contributed by atoms with van der Waals surface area (Å²) in [6.45, 7) is -0.112. The molecule has 0 spiro atoms. The Morgan fingerprint density at radius 1 is 1.35 bits per heavy atom. The molecule has 0 saturated carbocycles. The van der Waals surface area contributed by atoms with Gasteiger partial charge in [0, 0.05) is 0 Å². The number of urea groups is 1. The molecule has 0 aromatic heterocycles. The summed E-state index contributed by atoms with van der Waals surface area (Å²) in [4.78, 5) is 21.4. The first-order valence-electron chi connectivity index (χ1n) is 4.63. The number of amides is 2. The Bertz CT molecular complexity index is 286. The lowest BCUT2D eigenvalue weighted by molar-refractivity contribution is -0.139. The molecule has 2 amide bonds. The minimum Gasteiger partial charge on any atom is -0.480 e. The topological polar surface area (TPSA) is 78.4 Å². The van der Waals surface area contributed by atoms with Gasteiger partial charge in [0.15, 0.2) is 0 Å². The van der Waals surface area contributed by atoms with Gasteiger partial charge in [-0.25, -0.2) is 18.4 Å². The lowest BCUT2D eigenvalue weighted by Crippen LogP contribution is -2.49. The molecule has 9 heteroatoms. The minimum absolute atomic E-state index is 0.0357. The van der Waals surface area contributed by atoms with Crippen LogP contribution in [0.15, 0.2) is 0 Å². The fraction of sp³-hybridized carbons (Fsp3) is 0.750. The maximum Gasteiger partial charge on any atom is 0.326 e. The summed E-state index contributed by atoms with van der Waals surface area (Å²) in [7, 11) is 0. The molecule has 0 fully saturated rings. The van der Waals surface area contributed by atoms with Crippen molar-refractivity contribution in [2.24, 2.45) is 0 Å². The first-order valence-corrected chi connectivity index (χ1v) is 4.63. The van der Waals surface area contributed by atoms with E-state index in [0.717, 1.165) is 0 Å². The molecule has 0 heterocycles. The van der Waals surface area contributed by atoms with Crippen LogP contribution in [0.3, 0.4) is 0 Å². The summed E-state index contributed by atoms with van der Waals surface area (Å²) in [5.41, 5.74) is 0. The second-order valence-electron chi connectivity index (χ2n) is 3.19. The summed E-state index contributed by atoms with van der Waals surface area (Å²) in [5.74, 6) is -5.69. The average molecular weight is 260 g/mol. The van der Waals surface area contributed by atoms with Crippen molar-refractivity contribution < 1.29 is 32.3 Å². The van der Waals surface area contributed by atoms with Crippen molar-refractivity contribution >= 4 is 12.0 Å². The van der Waals surface area contributed by atoms with Crippen LogP contribution in [0.2, 0.25) is 0 Å². The van der Waals surface area contributed by atoms with Gasteiger partial charge < -0.3 is 15.7 Å². The minimum atomic E-state index is -4.34. The molecule has 0 unspecified atom stereocenters. The number of carbonyl (C=O) groups is 2. The Hall–Kier alpha value is -1.54. The Labute approximate surface area is 94.2 Å². The summed E-state index contributed by atoms with van der Waals surface area (Å²) in [6.07, 6.45) is -3.86. The number of carboxylic acid groups (broad SMARTS) is 1. The van der Waals surface area contributed by atoms with Crippen molar-refractivity contribution in [3.63, 3.8) is 0 Å². The van der Waals surface area contributed by atoms with Gasteiger partial charge in [-0.05, 0) is 6.42 Å². The standard InChI is InChI=1S/C8H12F4N2O3/c1-2-4(5(15)16)14-7(17)13-3-8(11,12)6(9)10/h4,6H,2-3H2,1H3,(H,15,16)(H2,13,14,17)/t4-/m0/s1. The third-order valence-electron chi connectivity index (χ3n) is 1.82. The van der Waals surface area contributed by atoms with Gasteiger partial charge in [-0.3, -0.25) is 0 Å². The Morgan fingerprint density at radius 3 is 2.24 bits per heavy atom. The number of carbonyl (C=O) groups excluding carboxylic acids is 1. The highest BCUT2D eigenvalue weighted by atomic mass is 19.3. The van der Waals surface area contributed by atoms with Gasteiger partial charge in [-0.15, -0.1) is 0 Å². The van der Waals surface area contributed by atoms with E-state index in [2.05, 4.69) is 0 Å². The van der Waals surface area contributed by atoms with Crippen molar-refractivity contribution in [2.45, 2.75) is 31.7 Å². The predicted molar refractivity (Wildman–Crippen MR) is 49.2 cm³/mol. The molecule has 0 aliphatic carbocycles. The van der Waals surface area contributed by atoms with Crippen molar-refractivity contribution in [2.75, 3.05) is 6.54 Å². The van der Waals surface area contributed by atoms with Crippen molar-refractivity contribution in [3.8, 4) is 0 Å². The summed E-state index contributed by atoms with van der Waals surface area (Å²) in [6, 6.07) is -2.49. The number of nitrogens with one attached hydrogen (secondary N) is 2. The van der Waals surface area contributed by atoms with Gasteiger partial charge in [0.25, 0.3) is 0 Å². The number of alkyl halides is 4. The lowest BCUT2D eigenvalue weighted by atomic mass is 10.2. The second-order valence-corrected chi connectivity index (χ2v) is 3.19. The molecule has 0 aromatic carbocycles. The Balaban J connectivity index is 4.16. The maximum absolute atomic E-state index is 12.4. The van der Waals surface area contributed by atoms with Crippen LogP contribution in [0.4, 0.5) is 22.4 Å². The van der Waals surface area contributed by atoms with Gasteiger partial charge in [-0.2, -0.15) is 8.78 Å². The first-order chi connectivity index (χ1) is 7.70. The monoisotopic (exact) mass is 260 g/mol. The summed E-state index contributed by atoms with van der Waals surface area (Å²) < 4.78 is 48.2. The van der Waals surface area contributed by atoms with E-state index in [-0.39, 0.29) is 6.42 Å². The number of carboxylic acids is 1. The van der Waals surface area contributed by atoms with E-state index in [1.54, 1.807) is 0 Å². The van der Waals surface area contributed by atoms with Crippen LogP contribution in [-0.2, 0) is 4.79 Å². The van der Waals surface area contributed by atoms with Crippen LogP contribution in [-0.4, -0.2) is 42.0 Å². The summed E-state index contributed by atoms with van der Waals surface area (Å²) >= 11 is 0. The molecular formula is C8H12F4N2O3. The normalized spacial score (nSPS) is 13.3. The molecule has 17 heavy (non-hydrogen) atoms. The third-order valence-corrected chi connectivity index (χ3v) is 1.82. The average Bonchev–Trinajstić information content (AvgIpc) is 2.22. The Morgan fingerprint density at radius 2 is 1.88 bits per heavy atom. The van der Waals surface area contributed by atoms with Crippen LogP contribution in [0.5, 0.6) is 0 Å². The number of rotatable bonds is 6. The quantitative estimate of drug-likeness (QED) is 0.624. The molecule has 0 aromatic rings. The highest BCUT2D eigenvalue weighted by Gasteiger charge is 2.40. The molecule has 0 aliphatic heterocycles. The fourth-order valence-corrected chi connectivity index (χ4v) is 0.823. The van der Waals surface area contributed by atoms with E-state index in [1.807, 2.05) is 5.32 Å². The number of aliphatic carboxylic acids is 1. The van der Waals surface area contributed by atoms with Gasteiger partial charge in [0.2, 0.25) is 0 Å². The smallest absolute Gasteiger partial charge is 0.326 e. The van der Waals surface area contributed by atoms with Crippen LogP contribution in [0, 0.1) is 0 Å². The maximum atomic E-state index is 12.4. The molecular weight excluding hydrogens is 248 g/mol. The SMILES string of the molecule is CC[C@H](NC(=O)NCC(F)(F)C(F)F)C(=O)O. The van der Waals surface area contributed by atoms with E-state index in [4.69, 9.17) is 5.11 Å². The largest absolute Gasteiger partial charge is 0.480 e. The van der Waals surface area contributed by atoms with Gasteiger partial charge >= 0.3 is 24.3 Å². The number of hydrogen-bond donors (Lipinski definition) is 3. The van der Waals surface area contributed by atoms with E-state index in [9.17, 15) is 27.2 Å². The fourth-order valence-electron chi connectivity index (χ4n) is 0.823. The van der Waals surface area contributed by atoms with Crippen LogP contribution < -0.4 is 10.6 Å². The zero-order valence-electron chi connectivity index (χ0n) is 8.84. The number of hydrogen-bond acceptors (Lipinski definition) is 2. The van der Waals surface area contributed by atoms with Crippen molar-refractivity contribution in [3.05, 3.63) is 0 Å². The Kier molecular flexibility index (Phi) is 5.69. The van der Waals surface area contributed by atoms with E-state index < -0.39 is 36.9 Å². The molecule has 5 nitrogen and oxygen atoms in total. The van der Waals surface area contributed by atoms with E-state index >= 15 is 0 Å². The van der Waals surface area contributed by atoms with Crippen molar-refractivity contribution in [1.82, 2.24) is 10.6 Å². The number of halogens is 4. The zero-order chi connectivity index (χ0) is 13.6. The van der Waals surface area contributed by atoms with Crippen LogP contribution in [0.1, 0.15) is 13.3 Å². The van der Waals surface area contributed by atoms with Crippen LogP contribution in [0.25, 0.3) is 0 Å². The highest BCUT2D eigenvalue weighted by Crippen LogP contribution is 2.21. The summed E-state index contributed by atoms with van der Waals surface area (Å²) in [5, 5.41) is 11.9. The molecule has 3 N–H and O–H groups in total. The first kappa shape index (κ1) is 15.5. The molecule has 0 rings (SSSR count). The van der Waals surface area contributed by atoms with E-state index in [1.165, 1.54) is 12.2 Å². The molecule has 1 atom stereocenters. The highest BCUT2D eigenvalue weighted by molar-refractivity contribution is 5.82. The zero-order valence-corrected chi connectivity index (χ0v) is 8.84. The predicted octanol–water partition coefficient (Wildman–Crippen LogP) is 1.05. The third kappa shape index (κ3) is 5.36. The second kappa shape index (κ2) is 6.26. The van der Waals surface area contributed by atoms with Crippen LogP contribution >= 0.6 is 0 Å². The van der Waals surface area contributed by atoms with Gasteiger partial charge in [0.05, 0.1) is 6.54 Å². The van der Waals surface area contributed by atoms with Crippen molar-refractivity contribution in [1.29, 1.82) is 0 Å². The van der Waals surface area contributed by atoms with E-state index in [0.29, 0.717) is 0 Å².